The van der Waals surface area contributed by atoms with Crippen molar-refractivity contribution in [3.8, 4) is 0 Å². The minimum atomic E-state index is -0.250. The molecule has 0 bridgehead atoms. The summed E-state index contributed by atoms with van der Waals surface area (Å²) in [7, 11) is 0. The van der Waals surface area contributed by atoms with E-state index in [0.29, 0.717) is 0 Å². The van der Waals surface area contributed by atoms with Gasteiger partial charge in [0.1, 0.15) is 0 Å². The molecule has 2 N–H and O–H groups in total. The highest BCUT2D eigenvalue weighted by Crippen LogP contribution is 1.98. The molecule has 0 unspecified atom stereocenters. The van der Waals surface area contributed by atoms with Gasteiger partial charge in [0.15, 0.2) is 0 Å². The maximum atomic E-state index is 10.4. The first-order chi connectivity index (χ1) is 5.81. The third kappa shape index (κ3) is 11.7. The lowest BCUT2D eigenvalue weighted by atomic mass is 10.2. The highest BCUT2D eigenvalue weighted by Gasteiger charge is 2.04. The van der Waals surface area contributed by atoms with Crippen LogP contribution in [0, 0.1) is 0 Å². The van der Waals surface area contributed by atoms with E-state index in [0.717, 1.165) is 25.8 Å². The average Bonchev–Trinajstić information content (AvgIpc) is 2.11. The summed E-state index contributed by atoms with van der Waals surface area (Å²) in [6.45, 7) is 4.64. The molecule has 4 heteroatoms. The molecule has 1 aliphatic rings. The van der Waals surface area contributed by atoms with E-state index in [2.05, 4.69) is 5.32 Å². The molecule has 12 heavy (non-hydrogen) atoms. The summed E-state index contributed by atoms with van der Waals surface area (Å²) in [6.07, 6.45) is 2.97. The van der Waals surface area contributed by atoms with Crippen LogP contribution in [0.5, 0.6) is 0 Å². The van der Waals surface area contributed by atoms with Crippen molar-refractivity contribution in [2.75, 3.05) is 6.54 Å². The molecule has 1 amide bonds. The van der Waals surface area contributed by atoms with Crippen molar-refractivity contribution >= 4 is 12.4 Å². The van der Waals surface area contributed by atoms with Gasteiger partial charge >= 0.3 is 0 Å². The Morgan fingerprint density at radius 3 is 2.08 bits per heavy atom. The summed E-state index contributed by atoms with van der Waals surface area (Å²) < 4.78 is 0. The Kier molecular flexibility index (Phi) is 14.2. The Morgan fingerprint density at radius 2 is 1.92 bits per heavy atom. The first kappa shape index (κ1) is 13.5. The van der Waals surface area contributed by atoms with E-state index in [1.165, 1.54) is 0 Å². The molecule has 0 aromatic heterocycles. The first-order valence-corrected chi connectivity index (χ1v) is 4.16. The Balaban J connectivity index is 0. The average molecular weight is 175 g/mol. The van der Waals surface area contributed by atoms with Crippen molar-refractivity contribution in [2.45, 2.75) is 33.1 Å². The van der Waals surface area contributed by atoms with Gasteiger partial charge in [0.25, 0.3) is 6.47 Å². The van der Waals surface area contributed by atoms with Crippen LogP contribution in [0.4, 0.5) is 0 Å². The molecular weight excluding hydrogens is 158 g/mol. The van der Waals surface area contributed by atoms with Crippen molar-refractivity contribution in [1.82, 2.24) is 5.32 Å². The molecule has 0 radical (unpaired) electrons. The van der Waals surface area contributed by atoms with Crippen LogP contribution in [-0.2, 0) is 9.59 Å². The topological polar surface area (TPSA) is 66.4 Å². The van der Waals surface area contributed by atoms with Gasteiger partial charge < -0.3 is 10.4 Å². The molecule has 72 valence electrons. The summed E-state index contributed by atoms with van der Waals surface area (Å²) in [5, 5.41) is 9.63. The number of hydrogen-bond donors (Lipinski definition) is 2. The smallest absolute Gasteiger partial charge is 0.290 e. The molecule has 4 nitrogen and oxygen atoms in total. The van der Waals surface area contributed by atoms with Crippen molar-refractivity contribution in [2.24, 2.45) is 0 Å². The SMILES string of the molecule is CC.O=C1CCCCN1.O=CO. The molecule has 0 aromatic rings. The second-order valence-corrected chi connectivity index (χ2v) is 1.91. The lowest BCUT2D eigenvalue weighted by molar-refractivity contribution is -0.123. The largest absolute Gasteiger partial charge is 0.483 e. The van der Waals surface area contributed by atoms with Crippen LogP contribution >= 0.6 is 0 Å². The van der Waals surface area contributed by atoms with Gasteiger partial charge in [-0.2, -0.15) is 0 Å². The Labute approximate surface area is 73.0 Å². The quantitative estimate of drug-likeness (QED) is 0.540. The van der Waals surface area contributed by atoms with Crippen LogP contribution in [0.2, 0.25) is 0 Å². The predicted octanol–water partition coefficient (Wildman–Crippen LogP) is 1.01. The number of hydrogen-bond acceptors (Lipinski definition) is 2. The van der Waals surface area contributed by atoms with Crippen molar-refractivity contribution in [3.05, 3.63) is 0 Å². The standard InChI is InChI=1S/C5H9NO.C2H6.CH2O2/c7-5-3-1-2-4-6-5;1-2;2-1-3/h1-4H2,(H,6,7);1-2H3;1H,(H,2,3). The molecule has 0 aromatic carbocycles. The van der Waals surface area contributed by atoms with E-state index in [1.54, 1.807) is 0 Å². The fourth-order valence-electron chi connectivity index (χ4n) is 0.727. The van der Waals surface area contributed by atoms with Gasteiger partial charge in [0.2, 0.25) is 5.91 Å². The molecule has 0 atom stereocenters. The fourth-order valence-corrected chi connectivity index (χ4v) is 0.727. The summed E-state index contributed by atoms with van der Waals surface area (Å²) in [5.41, 5.74) is 0. The summed E-state index contributed by atoms with van der Waals surface area (Å²) in [5.74, 6) is 0.214. The summed E-state index contributed by atoms with van der Waals surface area (Å²) >= 11 is 0. The van der Waals surface area contributed by atoms with Crippen LogP contribution < -0.4 is 5.32 Å². The van der Waals surface area contributed by atoms with Gasteiger partial charge in [0.05, 0.1) is 0 Å². The molecule has 0 saturated carbocycles. The molecule has 0 aliphatic carbocycles. The zero-order valence-corrected chi connectivity index (χ0v) is 7.67. The molecular formula is C8H17NO3. The van der Waals surface area contributed by atoms with Crippen LogP contribution in [0.15, 0.2) is 0 Å². The highest BCUT2D eigenvalue weighted by atomic mass is 16.3. The van der Waals surface area contributed by atoms with E-state index in [9.17, 15) is 4.79 Å². The third-order valence-corrected chi connectivity index (χ3v) is 1.15. The predicted molar refractivity (Wildman–Crippen MR) is 46.9 cm³/mol. The Morgan fingerprint density at radius 1 is 1.42 bits per heavy atom. The molecule has 0 spiro atoms. The van der Waals surface area contributed by atoms with E-state index < -0.39 is 0 Å². The number of carbonyl (C=O) groups excluding carboxylic acids is 1. The van der Waals surface area contributed by atoms with Crippen LogP contribution in [0.25, 0.3) is 0 Å². The third-order valence-electron chi connectivity index (χ3n) is 1.15. The second-order valence-electron chi connectivity index (χ2n) is 1.91. The van der Waals surface area contributed by atoms with Gasteiger partial charge in [-0.1, -0.05) is 13.8 Å². The van der Waals surface area contributed by atoms with Crippen LogP contribution in [0.1, 0.15) is 33.1 Å². The number of nitrogens with one attached hydrogen (secondary N) is 1. The first-order valence-electron chi connectivity index (χ1n) is 4.16. The lowest BCUT2D eigenvalue weighted by Crippen LogP contribution is -2.28. The number of rotatable bonds is 0. The van der Waals surface area contributed by atoms with Crippen molar-refractivity contribution in [3.63, 3.8) is 0 Å². The van der Waals surface area contributed by atoms with E-state index in [-0.39, 0.29) is 12.4 Å². The molecule has 1 heterocycles. The minimum absolute atomic E-state index is 0.214. The number of piperidine rings is 1. The second kappa shape index (κ2) is 12.6. The summed E-state index contributed by atoms with van der Waals surface area (Å²) in [6, 6.07) is 0. The van der Waals surface area contributed by atoms with Gasteiger partial charge in [-0.3, -0.25) is 9.59 Å². The van der Waals surface area contributed by atoms with Gasteiger partial charge in [-0.25, -0.2) is 0 Å². The molecule has 1 saturated heterocycles. The lowest BCUT2D eigenvalue weighted by Gasteiger charge is -2.08. The number of carboxylic acid groups (broad SMARTS) is 1. The maximum absolute atomic E-state index is 10.4. The minimum Gasteiger partial charge on any atom is -0.483 e. The number of amides is 1. The zero-order chi connectivity index (χ0) is 9.82. The van der Waals surface area contributed by atoms with Crippen LogP contribution in [0.3, 0.4) is 0 Å². The monoisotopic (exact) mass is 175 g/mol. The van der Waals surface area contributed by atoms with E-state index in [1.807, 2.05) is 13.8 Å². The van der Waals surface area contributed by atoms with Crippen LogP contribution in [-0.4, -0.2) is 24.0 Å². The molecule has 1 aliphatic heterocycles. The van der Waals surface area contributed by atoms with Gasteiger partial charge in [-0.05, 0) is 12.8 Å². The molecule has 1 fully saturated rings. The maximum Gasteiger partial charge on any atom is 0.290 e. The fraction of sp³-hybridized carbons (Fsp3) is 0.750. The van der Waals surface area contributed by atoms with Crippen molar-refractivity contribution in [1.29, 1.82) is 0 Å². The Bertz CT molecular complexity index is 107. The zero-order valence-electron chi connectivity index (χ0n) is 7.67. The van der Waals surface area contributed by atoms with Crippen molar-refractivity contribution < 1.29 is 14.7 Å². The van der Waals surface area contributed by atoms with Gasteiger partial charge in [0, 0.05) is 13.0 Å². The van der Waals surface area contributed by atoms with Gasteiger partial charge in [-0.15, -0.1) is 0 Å². The highest BCUT2D eigenvalue weighted by molar-refractivity contribution is 5.76. The van der Waals surface area contributed by atoms with E-state index in [4.69, 9.17) is 9.90 Å². The number of carbonyl (C=O) groups is 2. The normalized spacial score (nSPS) is 14.0. The Hall–Kier alpha value is -1.06. The molecule has 1 rings (SSSR count). The summed E-state index contributed by atoms with van der Waals surface area (Å²) in [4.78, 5) is 18.7. The van der Waals surface area contributed by atoms with E-state index >= 15 is 0 Å².